The zero-order valence-corrected chi connectivity index (χ0v) is 12.8. The lowest BCUT2D eigenvalue weighted by Gasteiger charge is -2.45. The van der Waals surface area contributed by atoms with E-state index < -0.39 is 0 Å². The topological polar surface area (TPSA) is 24.5 Å². The van der Waals surface area contributed by atoms with Crippen LogP contribution in [-0.4, -0.2) is 50.8 Å². The zero-order chi connectivity index (χ0) is 13.7. The van der Waals surface area contributed by atoms with E-state index in [2.05, 4.69) is 30.1 Å². The van der Waals surface area contributed by atoms with Crippen molar-refractivity contribution in [2.24, 2.45) is 11.8 Å². The SMILES string of the molecule is COCC1=CCN(C2CCC2CNCC(C)C)CC1. The molecule has 1 saturated carbocycles. The third kappa shape index (κ3) is 4.30. The highest BCUT2D eigenvalue weighted by molar-refractivity contribution is 5.09. The van der Waals surface area contributed by atoms with Crippen LogP contribution in [0.15, 0.2) is 11.6 Å². The van der Waals surface area contributed by atoms with Gasteiger partial charge >= 0.3 is 0 Å². The minimum absolute atomic E-state index is 0.757. The molecule has 1 heterocycles. The van der Waals surface area contributed by atoms with Crippen LogP contribution in [0.2, 0.25) is 0 Å². The first-order valence-electron chi connectivity index (χ1n) is 7.82. The second kappa shape index (κ2) is 7.41. The minimum Gasteiger partial charge on any atom is -0.380 e. The monoisotopic (exact) mass is 266 g/mol. The van der Waals surface area contributed by atoms with Gasteiger partial charge in [0.1, 0.15) is 0 Å². The molecule has 1 aliphatic carbocycles. The maximum absolute atomic E-state index is 5.22. The molecule has 0 spiro atoms. The summed E-state index contributed by atoms with van der Waals surface area (Å²) in [6.45, 7) is 10.1. The second-order valence-electron chi connectivity index (χ2n) is 6.50. The van der Waals surface area contributed by atoms with Gasteiger partial charge in [-0.1, -0.05) is 19.9 Å². The van der Waals surface area contributed by atoms with E-state index >= 15 is 0 Å². The van der Waals surface area contributed by atoms with E-state index in [-0.39, 0.29) is 0 Å². The number of nitrogens with zero attached hydrogens (tertiary/aromatic N) is 1. The van der Waals surface area contributed by atoms with Crippen LogP contribution < -0.4 is 5.32 Å². The van der Waals surface area contributed by atoms with Gasteiger partial charge in [0.05, 0.1) is 6.61 Å². The standard InChI is InChI=1S/C16H30N2O/c1-13(2)10-17-11-15-4-5-16(15)18-8-6-14(7-9-18)12-19-3/h6,13,15-17H,4-5,7-12H2,1-3H3. The van der Waals surface area contributed by atoms with Crippen LogP contribution >= 0.6 is 0 Å². The van der Waals surface area contributed by atoms with Crippen molar-refractivity contribution in [3.05, 3.63) is 11.6 Å². The van der Waals surface area contributed by atoms with Crippen LogP contribution in [0.4, 0.5) is 0 Å². The van der Waals surface area contributed by atoms with Crippen molar-refractivity contribution >= 4 is 0 Å². The summed E-state index contributed by atoms with van der Waals surface area (Å²) < 4.78 is 5.22. The van der Waals surface area contributed by atoms with Crippen LogP contribution in [-0.2, 0) is 4.74 Å². The molecule has 3 heteroatoms. The normalized spacial score (nSPS) is 28.3. The first-order valence-corrected chi connectivity index (χ1v) is 7.82. The molecule has 2 aliphatic rings. The molecule has 1 fully saturated rings. The molecule has 0 aromatic rings. The lowest BCUT2D eigenvalue weighted by molar-refractivity contribution is 0.0663. The van der Waals surface area contributed by atoms with Crippen molar-refractivity contribution in [2.45, 2.75) is 39.2 Å². The molecular weight excluding hydrogens is 236 g/mol. The Morgan fingerprint density at radius 1 is 1.42 bits per heavy atom. The molecule has 0 saturated heterocycles. The first kappa shape index (κ1) is 15.0. The van der Waals surface area contributed by atoms with Gasteiger partial charge in [0.25, 0.3) is 0 Å². The smallest absolute Gasteiger partial charge is 0.0673 e. The molecule has 19 heavy (non-hydrogen) atoms. The van der Waals surface area contributed by atoms with Crippen LogP contribution in [0.5, 0.6) is 0 Å². The third-order valence-corrected chi connectivity index (χ3v) is 4.47. The van der Waals surface area contributed by atoms with Crippen molar-refractivity contribution in [2.75, 3.05) is 39.9 Å². The maximum Gasteiger partial charge on any atom is 0.0673 e. The van der Waals surface area contributed by atoms with Crippen LogP contribution in [0, 0.1) is 11.8 Å². The second-order valence-corrected chi connectivity index (χ2v) is 6.50. The van der Waals surface area contributed by atoms with Gasteiger partial charge in [-0.25, -0.2) is 0 Å². The Balaban J connectivity index is 1.71. The van der Waals surface area contributed by atoms with Crippen molar-refractivity contribution in [3.63, 3.8) is 0 Å². The summed E-state index contributed by atoms with van der Waals surface area (Å²) in [5.74, 6) is 1.63. The molecule has 3 nitrogen and oxygen atoms in total. The Kier molecular flexibility index (Phi) is 5.86. The number of hydrogen-bond acceptors (Lipinski definition) is 3. The lowest BCUT2D eigenvalue weighted by atomic mass is 9.77. The van der Waals surface area contributed by atoms with E-state index in [1.807, 2.05) is 0 Å². The summed E-state index contributed by atoms with van der Waals surface area (Å²) in [6, 6.07) is 0.819. The lowest BCUT2D eigenvalue weighted by Crippen LogP contribution is -2.52. The predicted molar refractivity (Wildman–Crippen MR) is 80.4 cm³/mol. The Labute approximate surface area is 118 Å². The largest absolute Gasteiger partial charge is 0.380 e. The van der Waals surface area contributed by atoms with Gasteiger partial charge in [-0.15, -0.1) is 0 Å². The quantitative estimate of drug-likeness (QED) is 0.716. The molecular formula is C16H30N2O. The predicted octanol–water partition coefficient (Wildman–Crippen LogP) is 2.29. The minimum atomic E-state index is 0.757. The van der Waals surface area contributed by atoms with E-state index in [0.717, 1.165) is 37.6 Å². The van der Waals surface area contributed by atoms with Crippen molar-refractivity contribution in [1.82, 2.24) is 10.2 Å². The van der Waals surface area contributed by atoms with Gasteiger partial charge in [0, 0.05) is 26.2 Å². The van der Waals surface area contributed by atoms with Gasteiger partial charge < -0.3 is 10.1 Å². The van der Waals surface area contributed by atoms with Crippen LogP contribution in [0.3, 0.4) is 0 Å². The molecule has 0 amide bonds. The number of rotatable bonds is 7. The Hall–Kier alpha value is -0.380. The fourth-order valence-electron chi connectivity index (χ4n) is 3.17. The highest BCUT2D eigenvalue weighted by atomic mass is 16.5. The summed E-state index contributed by atoms with van der Waals surface area (Å²) in [5.41, 5.74) is 1.48. The molecule has 0 radical (unpaired) electrons. The van der Waals surface area contributed by atoms with E-state index in [0.29, 0.717) is 0 Å². The van der Waals surface area contributed by atoms with E-state index in [4.69, 9.17) is 4.74 Å². The van der Waals surface area contributed by atoms with Crippen molar-refractivity contribution in [1.29, 1.82) is 0 Å². The molecule has 0 aromatic carbocycles. The van der Waals surface area contributed by atoms with Crippen LogP contribution in [0.1, 0.15) is 33.1 Å². The van der Waals surface area contributed by atoms with Gasteiger partial charge in [0.2, 0.25) is 0 Å². The molecule has 1 N–H and O–H groups in total. The molecule has 2 atom stereocenters. The summed E-state index contributed by atoms with van der Waals surface area (Å²) in [6.07, 6.45) is 6.36. The van der Waals surface area contributed by atoms with Gasteiger partial charge in [0.15, 0.2) is 0 Å². The summed E-state index contributed by atoms with van der Waals surface area (Å²) in [5, 5.41) is 3.62. The third-order valence-electron chi connectivity index (χ3n) is 4.47. The number of nitrogens with one attached hydrogen (secondary N) is 1. The van der Waals surface area contributed by atoms with Crippen LogP contribution in [0.25, 0.3) is 0 Å². The van der Waals surface area contributed by atoms with Gasteiger partial charge in [-0.05, 0) is 49.8 Å². The van der Waals surface area contributed by atoms with Gasteiger partial charge in [-0.3, -0.25) is 4.90 Å². The Morgan fingerprint density at radius 3 is 2.79 bits per heavy atom. The molecule has 1 aliphatic heterocycles. The molecule has 2 rings (SSSR count). The average Bonchev–Trinajstić information content (AvgIpc) is 2.35. The molecule has 0 aromatic heterocycles. The molecule has 0 bridgehead atoms. The first-order chi connectivity index (χ1) is 9.20. The van der Waals surface area contributed by atoms with Crippen molar-refractivity contribution < 1.29 is 4.74 Å². The van der Waals surface area contributed by atoms with E-state index in [1.54, 1.807) is 7.11 Å². The van der Waals surface area contributed by atoms with Crippen molar-refractivity contribution in [3.8, 4) is 0 Å². The number of ether oxygens (including phenoxy) is 1. The maximum atomic E-state index is 5.22. The summed E-state index contributed by atoms with van der Waals surface area (Å²) in [4.78, 5) is 2.67. The fraction of sp³-hybridized carbons (Fsp3) is 0.875. The number of methoxy groups -OCH3 is 1. The van der Waals surface area contributed by atoms with E-state index in [9.17, 15) is 0 Å². The Bertz CT molecular complexity index is 301. The van der Waals surface area contributed by atoms with E-state index in [1.165, 1.54) is 37.9 Å². The van der Waals surface area contributed by atoms with Gasteiger partial charge in [-0.2, -0.15) is 0 Å². The molecule has 2 unspecified atom stereocenters. The fourth-order valence-corrected chi connectivity index (χ4v) is 3.17. The Morgan fingerprint density at radius 2 is 2.26 bits per heavy atom. The highest BCUT2D eigenvalue weighted by Crippen LogP contribution is 2.33. The number of hydrogen-bond donors (Lipinski definition) is 1. The summed E-state index contributed by atoms with van der Waals surface area (Å²) >= 11 is 0. The summed E-state index contributed by atoms with van der Waals surface area (Å²) in [7, 11) is 1.79. The molecule has 110 valence electrons. The average molecular weight is 266 g/mol. The highest BCUT2D eigenvalue weighted by Gasteiger charge is 2.35. The zero-order valence-electron chi connectivity index (χ0n) is 12.8.